The van der Waals surface area contributed by atoms with E-state index < -0.39 is 0 Å². The first-order chi connectivity index (χ1) is 8.72. The van der Waals surface area contributed by atoms with Gasteiger partial charge in [0.15, 0.2) is 0 Å². The Kier molecular flexibility index (Phi) is 4.87. The summed E-state index contributed by atoms with van der Waals surface area (Å²) < 4.78 is 0. The lowest BCUT2D eigenvalue weighted by molar-refractivity contribution is 0.118. The van der Waals surface area contributed by atoms with Crippen LogP contribution in [0.15, 0.2) is 18.2 Å². The lowest BCUT2D eigenvalue weighted by atomic mass is 10.1. The number of benzene rings is 1. The molecule has 0 aromatic heterocycles. The van der Waals surface area contributed by atoms with E-state index in [1.54, 1.807) is 0 Å². The van der Waals surface area contributed by atoms with Crippen LogP contribution in [0, 0.1) is 0 Å². The van der Waals surface area contributed by atoms with Gasteiger partial charge in [-0.1, -0.05) is 30.5 Å². The Balaban J connectivity index is 2.15. The Labute approximate surface area is 114 Å². The van der Waals surface area contributed by atoms with Crippen LogP contribution in [-0.4, -0.2) is 29.2 Å². The lowest BCUT2D eigenvalue weighted by Gasteiger charge is -2.29. The minimum absolute atomic E-state index is 0.213. The third kappa shape index (κ3) is 3.16. The third-order valence-corrected chi connectivity index (χ3v) is 4.08. The van der Waals surface area contributed by atoms with Crippen LogP contribution < -0.4 is 5.73 Å². The van der Waals surface area contributed by atoms with E-state index in [0.717, 1.165) is 35.8 Å². The highest BCUT2D eigenvalue weighted by atomic mass is 35.5. The average molecular weight is 269 g/mol. The highest BCUT2D eigenvalue weighted by Gasteiger charge is 2.21. The number of aliphatic hydroxyl groups is 1. The maximum atomic E-state index is 9.50. The molecule has 0 spiro atoms. The number of anilines is 1. The van der Waals surface area contributed by atoms with Crippen molar-refractivity contribution >= 4 is 17.3 Å². The van der Waals surface area contributed by atoms with Crippen molar-refractivity contribution < 1.29 is 5.11 Å². The van der Waals surface area contributed by atoms with Crippen molar-refractivity contribution in [2.75, 3.05) is 18.9 Å². The Morgan fingerprint density at radius 2 is 2.17 bits per heavy atom. The van der Waals surface area contributed by atoms with Crippen LogP contribution in [0.3, 0.4) is 0 Å². The van der Waals surface area contributed by atoms with Crippen LogP contribution >= 0.6 is 11.6 Å². The van der Waals surface area contributed by atoms with E-state index in [4.69, 9.17) is 17.3 Å². The van der Waals surface area contributed by atoms with Crippen molar-refractivity contribution in [3.8, 4) is 0 Å². The van der Waals surface area contributed by atoms with Crippen molar-refractivity contribution in [2.45, 2.75) is 38.3 Å². The second-order valence-electron chi connectivity index (χ2n) is 4.96. The topological polar surface area (TPSA) is 49.5 Å². The second kappa shape index (κ2) is 6.41. The predicted octanol–water partition coefficient (Wildman–Crippen LogP) is 2.66. The maximum absolute atomic E-state index is 9.50. The number of hydrogen-bond acceptors (Lipinski definition) is 3. The first-order valence-corrected chi connectivity index (χ1v) is 6.98. The van der Waals surface area contributed by atoms with Crippen molar-refractivity contribution in [3.05, 3.63) is 28.8 Å². The zero-order valence-corrected chi connectivity index (χ0v) is 11.4. The summed E-state index contributed by atoms with van der Waals surface area (Å²) in [7, 11) is 0. The molecule has 1 unspecified atom stereocenters. The monoisotopic (exact) mass is 268 g/mol. The largest absolute Gasteiger partial charge is 0.398 e. The molecular formula is C14H21ClN2O. The molecular weight excluding hydrogens is 248 g/mol. The zero-order valence-electron chi connectivity index (χ0n) is 10.6. The van der Waals surface area contributed by atoms with E-state index in [1.807, 2.05) is 18.2 Å². The minimum Gasteiger partial charge on any atom is -0.398 e. The summed E-state index contributed by atoms with van der Waals surface area (Å²) >= 11 is 6.21. The van der Waals surface area contributed by atoms with E-state index in [-0.39, 0.29) is 12.6 Å². The minimum atomic E-state index is 0.213. The van der Waals surface area contributed by atoms with Gasteiger partial charge < -0.3 is 10.8 Å². The molecule has 3 nitrogen and oxygen atoms in total. The normalized spacial score (nSPS) is 21.8. The Morgan fingerprint density at radius 1 is 1.33 bits per heavy atom. The molecule has 1 aliphatic rings. The summed E-state index contributed by atoms with van der Waals surface area (Å²) in [6.45, 7) is 1.96. The highest BCUT2D eigenvalue weighted by Crippen LogP contribution is 2.26. The van der Waals surface area contributed by atoms with E-state index in [9.17, 15) is 5.11 Å². The molecule has 18 heavy (non-hydrogen) atoms. The van der Waals surface area contributed by atoms with Gasteiger partial charge in [-0.25, -0.2) is 0 Å². The Morgan fingerprint density at radius 3 is 2.89 bits per heavy atom. The quantitative estimate of drug-likeness (QED) is 0.829. The summed E-state index contributed by atoms with van der Waals surface area (Å²) in [4.78, 5) is 2.31. The number of halogens is 1. The molecule has 1 fully saturated rings. The highest BCUT2D eigenvalue weighted by molar-refractivity contribution is 6.31. The van der Waals surface area contributed by atoms with Crippen LogP contribution in [0.1, 0.15) is 31.2 Å². The zero-order chi connectivity index (χ0) is 13.0. The first-order valence-electron chi connectivity index (χ1n) is 6.60. The van der Waals surface area contributed by atoms with Gasteiger partial charge in [-0.15, -0.1) is 0 Å². The van der Waals surface area contributed by atoms with Crippen LogP contribution in [0.5, 0.6) is 0 Å². The Bertz CT molecular complexity index is 377. The van der Waals surface area contributed by atoms with Crippen LogP contribution in [-0.2, 0) is 6.54 Å². The molecule has 1 aliphatic heterocycles. The molecule has 0 bridgehead atoms. The van der Waals surface area contributed by atoms with Gasteiger partial charge in [0.05, 0.1) is 6.61 Å². The summed E-state index contributed by atoms with van der Waals surface area (Å²) in [6, 6.07) is 5.86. The average Bonchev–Trinajstić information content (AvgIpc) is 2.59. The number of likely N-dealkylation sites (tertiary alicyclic amines) is 1. The van der Waals surface area contributed by atoms with Crippen LogP contribution in [0.4, 0.5) is 5.69 Å². The molecule has 0 saturated carbocycles. The van der Waals surface area contributed by atoms with Gasteiger partial charge in [0.25, 0.3) is 0 Å². The molecule has 1 aromatic rings. The number of nitrogen functional groups attached to an aromatic ring is 1. The van der Waals surface area contributed by atoms with Crippen molar-refractivity contribution in [1.29, 1.82) is 0 Å². The van der Waals surface area contributed by atoms with E-state index in [2.05, 4.69) is 4.90 Å². The van der Waals surface area contributed by atoms with Gasteiger partial charge in [0.1, 0.15) is 0 Å². The van der Waals surface area contributed by atoms with Gasteiger partial charge in [-0.2, -0.15) is 0 Å². The molecule has 1 heterocycles. The fourth-order valence-electron chi connectivity index (χ4n) is 2.60. The van der Waals surface area contributed by atoms with Gasteiger partial charge in [-0.05, 0) is 31.5 Å². The van der Waals surface area contributed by atoms with E-state index >= 15 is 0 Å². The summed E-state index contributed by atoms with van der Waals surface area (Å²) in [5, 5.41) is 10.2. The first kappa shape index (κ1) is 13.7. The van der Waals surface area contributed by atoms with Crippen LogP contribution in [0.2, 0.25) is 5.02 Å². The smallest absolute Gasteiger partial charge is 0.0586 e. The summed E-state index contributed by atoms with van der Waals surface area (Å²) in [6.07, 6.45) is 4.67. The SMILES string of the molecule is Nc1cccc(Cl)c1CN1CCCCCC1CO. The lowest BCUT2D eigenvalue weighted by Crippen LogP contribution is -2.37. The molecule has 3 N–H and O–H groups in total. The fraction of sp³-hybridized carbons (Fsp3) is 0.571. The summed E-state index contributed by atoms with van der Waals surface area (Å²) in [5.74, 6) is 0. The van der Waals surface area contributed by atoms with Gasteiger partial charge in [-0.3, -0.25) is 4.90 Å². The van der Waals surface area contributed by atoms with Crippen molar-refractivity contribution in [1.82, 2.24) is 4.90 Å². The molecule has 1 aromatic carbocycles. The number of aliphatic hydroxyl groups excluding tert-OH is 1. The standard InChI is InChI=1S/C14H21ClN2O/c15-13-6-4-7-14(16)12(13)9-17-8-3-1-2-5-11(17)10-18/h4,6-7,11,18H,1-3,5,8-10,16H2. The number of nitrogens with two attached hydrogens (primary N) is 1. The Hall–Kier alpha value is -0.770. The van der Waals surface area contributed by atoms with E-state index in [0.29, 0.717) is 0 Å². The molecule has 0 amide bonds. The molecule has 4 heteroatoms. The maximum Gasteiger partial charge on any atom is 0.0586 e. The molecule has 0 radical (unpaired) electrons. The third-order valence-electron chi connectivity index (χ3n) is 3.73. The van der Waals surface area contributed by atoms with Gasteiger partial charge >= 0.3 is 0 Å². The summed E-state index contributed by atoms with van der Waals surface area (Å²) in [5.41, 5.74) is 7.72. The van der Waals surface area contributed by atoms with E-state index in [1.165, 1.54) is 19.3 Å². The second-order valence-corrected chi connectivity index (χ2v) is 5.37. The molecule has 1 saturated heterocycles. The molecule has 100 valence electrons. The predicted molar refractivity (Wildman–Crippen MR) is 75.6 cm³/mol. The molecule has 0 aliphatic carbocycles. The van der Waals surface area contributed by atoms with Gasteiger partial charge in [0.2, 0.25) is 0 Å². The number of hydrogen-bond donors (Lipinski definition) is 2. The van der Waals surface area contributed by atoms with Gasteiger partial charge in [0, 0.05) is 28.9 Å². The fourth-order valence-corrected chi connectivity index (χ4v) is 2.84. The number of rotatable bonds is 3. The van der Waals surface area contributed by atoms with Crippen LogP contribution in [0.25, 0.3) is 0 Å². The molecule has 1 atom stereocenters. The number of nitrogens with zero attached hydrogens (tertiary/aromatic N) is 1. The molecule has 2 rings (SSSR count). The van der Waals surface area contributed by atoms with Crippen molar-refractivity contribution in [2.24, 2.45) is 0 Å². The van der Waals surface area contributed by atoms with Crippen molar-refractivity contribution in [3.63, 3.8) is 0 Å².